The van der Waals surface area contributed by atoms with Crippen molar-refractivity contribution in [2.24, 2.45) is 0 Å². The maximum atomic E-state index is 10.4. The van der Waals surface area contributed by atoms with Gasteiger partial charge in [0.05, 0.1) is 12.1 Å². The Morgan fingerprint density at radius 2 is 2.46 bits per heavy atom. The van der Waals surface area contributed by atoms with Crippen LogP contribution in [0.5, 0.6) is 0 Å². The third-order valence-electron chi connectivity index (χ3n) is 1.67. The van der Waals surface area contributed by atoms with Crippen molar-refractivity contribution in [3.05, 3.63) is 11.1 Å². The van der Waals surface area contributed by atoms with E-state index in [2.05, 4.69) is 4.98 Å². The van der Waals surface area contributed by atoms with Gasteiger partial charge in [0.15, 0.2) is 5.13 Å². The SMILES string of the molecule is CCN(C)c1nc(CC(=O)O)cs1. The van der Waals surface area contributed by atoms with Crippen LogP contribution in [-0.2, 0) is 11.2 Å². The zero-order valence-corrected chi connectivity index (χ0v) is 8.47. The number of thiazole rings is 1. The Bertz CT molecular complexity index is 298. The number of hydrogen-bond acceptors (Lipinski definition) is 4. The molecule has 0 aliphatic rings. The van der Waals surface area contributed by atoms with Crippen LogP contribution in [0.2, 0.25) is 0 Å². The molecule has 0 bridgehead atoms. The Morgan fingerprint density at radius 3 is 3.00 bits per heavy atom. The first-order chi connectivity index (χ1) is 6.13. The van der Waals surface area contributed by atoms with Crippen molar-refractivity contribution < 1.29 is 9.90 Å². The molecule has 0 aromatic carbocycles. The number of carboxylic acid groups (broad SMARTS) is 1. The maximum Gasteiger partial charge on any atom is 0.309 e. The van der Waals surface area contributed by atoms with Gasteiger partial charge < -0.3 is 10.0 Å². The van der Waals surface area contributed by atoms with E-state index in [0.29, 0.717) is 5.69 Å². The molecule has 13 heavy (non-hydrogen) atoms. The highest BCUT2D eigenvalue weighted by atomic mass is 32.1. The van der Waals surface area contributed by atoms with Crippen LogP contribution in [-0.4, -0.2) is 29.7 Å². The first kappa shape index (κ1) is 9.98. The number of aromatic nitrogens is 1. The normalized spacial score (nSPS) is 10.0. The quantitative estimate of drug-likeness (QED) is 0.794. The number of nitrogens with zero attached hydrogens (tertiary/aromatic N) is 2. The number of carbonyl (C=O) groups is 1. The molecule has 1 aromatic rings. The number of rotatable bonds is 4. The van der Waals surface area contributed by atoms with E-state index in [4.69, 9.17) is 5.11 Å². The largest absolute Gasteiger partial charge is 0.481 e. The monoisotopic (exact) mass is 200 g/mol. The summed E-state index contributed by atoms with van der Waals surface area (Å²) in [6.07, 6.45) is 0.00799. The van der Waals surface area contributed by atoms with Gasteiger partial charge in [-0.05, 0) is 6.92 Å². The van der Waals surface area contributed by atoms with Crippen molar-refractivity contribution in [1.29, 1.82) is 0 Å². The van der Waals surface area contributed by atoms with Crippen molar-refractivity contribution in [3.8, 4) is 0 Å². The lowest BCUT2D eigenvalue weighted by atomic mass is 10.3. The summed E-state index contributed by atoms with van der Waals surface area (Å²) in [5, 5.41) is 11.2. The summed E-state index contributed by atoms with van der Waals surface area (Å²) in [4.78, 5) is 16.5. The van der Waals surface area contributed by atoms with E-state index in [-0.39, 0.29) is 6.42 Å². The first-order valence-electron chi connectivity index (χ1n) is 4.00. The molecule has 0 atom stereocenters. The number of anilines is 1. The highest BCUT2D eigenvalue weighted by molar-refractivity contribution is 7.13. The van der Waals surface area contributed by atoms with Crippen LogP contribution < -0.4 is 4.90 Å². The summed E-state index contributed by atoms with van der Waals surface area (Å²) in [5.74, 6) is -0.837. The third kappa shape index (κ3) is 2.69. The number of carboxylic acids is 1. The van der Waals surface area contributed by atoms with Gasteiger partial charge in [-0.2, -0.15) is 0 Å². The molecular formula is C8H12N2O2S. The predicted molar refractivity (Wildman–Crippen MR) is 52.4 cm³/mol. The molecule has 0 saturated heterocycles. The van der Waals surface area contributed by atoms with Crippen molar-refractivity contribution in [2.75, 3.05) is 18.5 Å². The smallest absolute Gasteiger partial charge is 0.309 e. The van der Waals surface area contributed by atoms with E-state index < -0.39 is 5.97 Å². The van der Waals surface area contributed by atoms with Gasteiger partial charge in [-0.25, -0.2) is 4.98 Å². The Kier molecular flexibility index (Phi) is 3.25. The van der Waals surface area contributed by atoms with Crippen molar-refractivity contribution in [2.45, 2.75) is 13.3 Å². The summed E-state index contributed by atoms with van der Waals surface area (Å²) in [5.41, 5.74) is 0.632. The zero-order valence-electron chi connectivity index (χ0n) is 7.65. The Labute approximate surface area is 80.8 Å². The van der Waals surface area contributed by atoms with Gasteiger partial charge in [0, 0.05) is 19.0 Å². The number of hydrogen-bond donors (Lipinski definition) is 1. The lowest BCUT2D eigenvalue weighted by molar-refractivity contribution is -0.136. The summed E-state index contributed by atoms with van der Waals surface area (Å²) in [6, 6.07) is 0. The average Bonchev–Trinajstić information content (AvgIpc) is 2.50. The molecule has 1 rings (SSSR count). The minimum absolute atomic E-state index is 0.00799. The minimum atomic E-state index is -0.837. The van der Waals surface area contributed by atoms with Gasteiger partial charge >= 0.3 is 5.97 Å². The highest BCUT2D eigenvalue weighted by Gasteiger charge is 2.07. The van der Waals surface area contributed by atoms with Crippen LogP contribution in [0, 0.1) is 0 Å². The van der Waals surface area contributed by atoms with Gasteiger partial charge in [0.2, 0.25) is 0 Å². The fourth-order valence-electron chi connectivity index (χ4n) is 0.843. The molecule has 0 aliphatic heterocycles. The molecule has 0 saturated carbocycles. The van der Waals surface area contributed by atoms with Crippen LogP contribution >= 0.6 is 11.3 Å². The molecule has 1 heterocycles. The van der Waals surface area contributed by atoms with E-state index in [9.17, 15) is 4.79 Å². The van der Waals surface area contributed by atoms with E-state index >= 15 is 0 Å². The van der Waals surface area contributed by atoms with Gasteiger partial charge in [-0.15, -0.1) is 11.3 Å². The molecule has 0 spiro atoms. The topological polar surface area (TPSA) is 53.4 Å². The van der Waals surface area contributed by atoms with Crippen LogP contribution in [0.15, 0.2) is 5.38 Å². The molecule has 0 unspecified atom stereocenters. The van der Waals surface area contributed by atoms with E-state index in [1.165, 1.54) is 11.3 Å². The Balaban J connectivity index is 2.68. The molecule has 0 fully saturated rings. The number of aliphatic carboxylic acids is 1. The fourth-order valence-corrected chi connectivity index (χ4v) is 1.70. The van der Waals surface area contributed by atoms with Gasteiger partial charge in [0.1, 0.15) is 0 Å². The lowest BCUT2D eigenvalue weighted by Crippen LogP contribution is -2.15. The molecule has 72 valence electrons. The van der Waals surface area contributed by atoms with Gasteiger partial charge in [0.25, 0.3) is 0 Å². The molecule has 0 radical (unpaired) electrons. The van der Waals surface area contributed by atoms with Crippen LogP contribution in [0.3, 0.4) is 0 Å². The second-order valence-electron chi connectivity index (χ2n) is 2.71. The molecule has 5 heteroatoms. The molecule has 4 nitrogen and oxygen atoms in total. The van der Waals surface area contributed by atoms with Crippen molar-refractivity contribution in [1.82, 2.24) is 4.98 Å². The maximum absolute atomic E-state index is 10.4. The minimum Gasteiger partial charge on any atom is -0.481 e. The Morgan fingerprint density at radius 1 is 1.77 bits per heavy atom. The van der Waals surface area contributed by atoms with Crippen molar-refractivity contribution >= 4 is 22.4 Å². The fraction of sp³-hybridized carbons (Fsp3) is 0.500. The molecular weight excluding hydrogens is 188 g/mol. The predicted octanol–water partition coefficient (Wildman–Crippen LogP) is 1.23. The average molecular weight is 200 g/mol. The molecule has 0 aliphatic carbocycles. The second kappa shape index (κ2) is 4.23. The third-order valence-corrected chi connectivity index (χ3v) is 2.68. The van der Waals surface area contributed by atoms with Crippen LogP contribution in [0.1, 0.15) is 12.6 Å². The molecule has 0 amide bonds. The second-order valence-corrected chi connectivity index (χ2v) is 3.54. The van der Waals surface area contributed by atoms with Crippen LogP contribution in [0.25, 0.3) is 0 Å². The molecule has 1 N–H and O–H groups in total. The van der Waals surface area contributed by atoms with E-state index in [0.717, 1.165) is 11.7 Å². The summed E-state index contributed by atoms with van der Waals surface area (Å²) in [6.45, 7) is 2.90. The molecule has 1 aromatic heterocycles. The van der Waals surface area contributed by atoms with Crippen LogP contribution in [0.4, 0.5) is 5.13 Å². The van der Waals surface area contributed by atoms with Gasteiger partial charge in [-0.3, -0.25) is 4.79 Å². The summed E-state index contributed by atoms with van der Waals surface area (Å²) in [7, 11) is 1.93. The summed E-state index contributed by atoms with van der Waals surface area (Å²) < 4.78 is 0. The van der Waals surface area contributed by atoms with Gasteiger partial charge in [-0.1, -0.05) is 0 Å². The zero-order chi connectivity index (χ0) is 9.84. The van der Waals surface area contributed by atoms with Crippen molar-refractivity contribution in [3.63, 3.8) is 0 Å². The van der Waals surface area contributed by atoms with E-state index in [1.54, 1.807) is 5.38 Å². The highest BCUT2D eigenvalue weighted by Crippen LogP contribution is 2.18. The first-order valence-corrected chi connectivity index (χ1v) is 4.88. The summed E-state index contributed by atoms with van der Waals surface area (Å²) >= 11 is 1.48. The lowest BCUT2D eigenvalue weighted by Gasteiger charge is -2.11. The van der Waals surface area contributed by atoms with E-state index in [1.807, 2.05) is 18.9 Å². The standard InChI is InChI=1S/C8H12N2O2S/c1-3-10(2)8-9-6(5-13-8)4-7(11)12/h5H,3-4H2,1-2H3,(H,11,12). The Hall–Kier alpha value is -1.10.